The fraction of sp³-hybridized carbons (Fsp3) is 0.375. The summed E-state index contributed by atoms with van der Waals surface area (Å²) in [6.45, 7) is 0.861. The van der Waals surface area contributed by atoms with Gasteiger partial charge in [-0.3, -0.25) is 9.59 Å². The van der Waals surface area contributed by atoms with Crippen molar-refractivity contribution in [3.05, 3.63) is 30.1 Å². The van der Waals surface area contributed by atoms with Crippen molar-refractivity contribution in [3.63, 3.8) is 0 Å². The van der Waals surface area contributed by atoms with Gasteiger partial charge in [0.05, 0.1) is 12.5 Å². The molecule has 1 aliphatic rings. The maximum Gasteiger partial charge on any atom is 0.231 e. The molecular formula is C16H17FN4O3S2. The number of nitrogens with one attached hydrogen (secondary N) is 1. The van der Waals surface area contributed by atoms with Crippen molar-refractivity contribution in [2.24, 2.45) is 5.92 Å². The van der Waals surface area contributed by atoms with E-state index in [9.17, 15) is 14.0 Å². The molecule has 1 aliphatic heterocycles. The van der Waals surface area contributed by atoms with E-state index in [1.54, 1.807) is 7.11 Å². The summed E-state index contributed by atoms with van der Waals surface area (Å²) < 4.78 is 18.7. The third-order valence-electron chi connectivity index (χ3n) is 3.78. The Hall–Kier alpha value is -2.04. The van der Waals surface area contributed by atoms with Crippen molar-refractivity contribution in [1.82, 2.24) is 10.2 Å². The van der Waals surface area contributed by atoms with Gasteiger partial charge in [0.1, 0.15) is 5.82 Å². The van der Waals surface area contributed by atoms with Crippen molar-refractivity contribution in [3.8, 4) is 0 Å². The van der Waals surface area contributed by atoms with E-state index in [0.717, 1.165) is 10.1 Å². The quantitative estimate of drug-likeness (QED) is 0.440. The number of halogens is 1. The summed E-state index contributed by atoms with van der Waals surface area (Å²) in [7, 11) is 1.63. The highest BCUT2D eigenvalue weighted by Crippen LogP contribution is 2.28. The zero-order chi connectivity index (χ0) is 18.5. The molecule has 0 spiro atoms. The molecule has 1 fully saturated rings. The molecule has 1 N–H and O–H groups in total. The van der Waals surface area contributed by atoms with Crippen molar-refractivity contribution < 1.29 is 18.7 Å². The van der Waals surface area contributed by atoms with Crippen LogP contribution in [0.3, 0.4) is 0 Å². The molecule has 0 radical (unpaired) electrons. The van der Waals surface area contributed by atoms with Crippen LogP contribution in [-0.4, -0.2) is 48.0 Å². The van der Waals surface area contributed by atoms with E-state index in [1.807, 2.05) is 0 Å². The average Bonchev–Trinajstić information content (AvgIpc) is 3.23. The minimum Gasteiger partial charge on any atom is -0.384 e. The molecule has 0 unspecified atom stereocenters. The number of carbonyl (C=O) groups excluding carboxylic acids is 2. The number of rotatable bonds is 7. The molecule has 0 bridgehead atoms. The SMILES string of the molecule is COCCSc1nnc(NC(=O)[C@H]2CC(=O)N(c3ccc(F)cc3)C2)s1. The Morgan fingerprint density at radius 2 is 2.19 bits per heavy atom. The molecule has 1 aromatic carbocycles. The van der Waals surface area contributed by atoms with Crippen LogP contribution in [0.4, 0.5) is 15.2 Å². The molecule has 10 heteroatoms. The average molecular weight is 396 g/mol. The summed E-state index contributed by atoms with van der Waals surface area (Å²) >= 11 is 2.78. The van der Waals surface area contributed by atoms with E-state index in [-0.39, 0.29) is 30.6 Å². The number of amides is 2. The predicted molar refractivity (Wildman–Crippen MR) is 98.0 cm³/mol. The van der Waals surface area contributed by atoms with Gasteiger partial charge in [-0.25, -0.2) is 4.39 Å². The van der Waals surface area contributed by atoms with E-state index >= 15 is 0 Å². The summed E-state index contributed by atoms with van der Waals surface area (Å²) in [6.07, 6.45) is 0.109. The van der Waals surface area contributed by atoms with E-state index in [1.165, 1.54) is 52.3 Å². The maximum absolute atomic E-state index is 13.0. The number of hydrogen-bond acceptors (Lipinski definition) is 7. The molecule has 26 heavy (non-hydrogen) atoms. The summed E-state index contributed by atoms with van der Waals surface area (Å²) in [6, 6.07) is 5.64. The monoisotopic (exact) mass is 396 g/mol. The molecule has 7 nitrogen and oxygen atoms in total. The minimum atomic E-state index is -0.485. The summed E-state index contributed by atoms with van der Waals surface area (Å²) in [4.78, 5) is 26.1. The number of methoxy groups -OCH3 is 1. The molecule has 2 aromatic rings. The zero-order valence-electron chi connectivity index (χ0n) is 14.0. The highest BCUT2D eigenvalue weighted by Gasteiger charge is 2.35. The van der Waals surface area contributed by atoms with Crippen molar-refractivity contribution >= 4 is 45.7 Å². The lowest BCUT2D eigenvalue weighted by Gasteiger charge is -2.16. The lowest BCUT2D eigenvalue weighted by atomic mass is 10.1. The van der Waals surface area contributed by atoms with Gasteiger partial charge in [-0.15, -0.1) is 10.2 Å². The molecule has 0 saturated carbocycles. The fourth-order valence-electron chi connectivity index (χ4n) is 2.49. The van der Waals surface area contributed by atoms with Gasteiger partial charge < -0.3 is 15.0 Å². The summed E-state index contributed by atoms with van der Waals surface area (Å²) in [5, 5.41) is 11.1. The fourth-order valence-corrected chi connectivity index (χ4v) is 4.22. The van der Waals surface area contributed by atoms with E-state index in [2.05, 4.69) is 15.5 Å². The van der Waals surface area contributed by atoms with Gasteiger partial charge in [0.25, 0.3) is 0 Å². The number of ether oxygens (including phenoxy) is 1. The van der Waals surface area contributed by atoms with Gasteiger partial charge in [-0.05, 0) is 24.3 Å². The second-order valence-corrected chi connectivity index (χ2v) is 7.91. The first-order chi connectivity index (χ1) is 12.6. The Bertz CT molecular complexity index is 784. The molecule has 1 aromatic heterocycles. The molecule has 0 aliphatic carbocycles. The number of benzene rings is 1. The Balaban J connectivity index is 1.57. The summed E-state index contributed by atoms with van der Waals surface area (Å²) in [5.74, 6) is -0.536. The number of carbonyl (C=O) groups is 2. The molecule has 1 saturated heterocycles. The minimum absolute atomic E-state index is 0.109. The normalized spacial score (nSPS) is 16.9. The topological polar surface area (TPSA) is 84.4 Å². The Kier molecular flexibility index (Phi) is 6.17. The van der Waals surface area contributed by atoms with Crippen LogP contribution in [0.25, 0.3) is 0 Å². The lowest BCUT2D eigenvalue weighted by molar-refractivity contribution is -0.122. The molecular weight excluding hydrogens is 379 g/mol. The number of nitrogens with zero attached hydrogens (tertiary/aromatic N) is 3. The highest BCUT2D eigenvalue weighted by atomic mass is 32.2. The second-order valence-electron chi connectivity index (χ2n) is 5.59. The predicted octanol–water partition coefficient (Wildman–Crippen LogP) is 2.41. The van der Waals surface area contributed by atoms with Crippen LogP contribution in [0, 0.1) is 11.7 Å². The van der Waals surface area contributed by atoms with Gasteiger partial charge in [0.2, 0.25) is 16.9 Å². The third kappa shape index (κ3) is 4.57. The molecule has 2 heterocycles. The molecule has 1 atom stereocenters. The van der Waals surface area contributed by atoms with Crippen LogP contribution in [0.5, 0.6) is 0 Å². The lowest BCUT2D eigenvalue weighted by Crippen LogP contribution is -2.28. The first-order valence-corrected chi connectivity index (χ1v) is 9.69. The van der Waals surface area contributed by atoms with Crippen LogP contribution >= 0.6 is 23.1 Å². The number of hydrogen-bond donors (Lipinski definition) is 1. The Morgan fingerprint density at radius 3 is 2.92 bits per heavy atom. The van der Waals surface area contributed by atoms with Crippen LogP contribution in [0.15, 0.2) is 28.6 Å². The van der Waals surface area contributed by atoms with E-state index in [4.69, 9.17) is 4.74 Å². The molecule has 3 rings (SSSR count). The largest absolute Gasteiger partial charge is 0.384 e. The van der Waals surface area contributed by atoms with Crippen LogP contribution in [-0.2, 0) is 14.3 Å². The van der Waals surface area contributed by atoms with Crippen LogP contribution in [0.2, 0.25) is 0 Å². The zero-order valence-corrected chi connectivity index (χ0v) is 15.6. The standard InChI is InChI=1S/C16H17FN4O3S2/c1-24-6-7-25-16-20-19-15(26-16)18-14(23)10-8-13(22)21(9-10)12-4-2-11(17)3-5-12/h2-5,10H,6-9H2,1H3,(H,18,19,23)/t10-/m0/s1. The second kappa shape index (κ2) is 8.56. The smallest absolute Gasteiger partial charge is 0.231 e. The van der Waals surface area contributed by atoms with Gasteiger partial charge in [0, 0.05) is 31.5 Å². The van der Waals surface area contributed by atoms with Gasteiger partial charge in [-0.2, -0.15) is 0 Å². The maximum atomic E-state index is 13.0. The first kappa shape index (κ1) is 18.7. The number of anilines is 2. The van der Waals surface area contributed by atoms with Crippen LogP contribution < -0.4 is 10.2 Å². The summed E-state index contributed by atoms with van der Waals surface area (Å²) in [5.41, 5.74) is 0.583. The van der Waals surface area contributed by atoms with Gasteiger partial charge in [-0.1, -0.05) is 23.1 Å². The molecule has 2 amide bonds. The van der Waals surface area contributed by atoms with E-state index < -0.39 is 5.92 Å². The third-order valence-corrected chi connectivity index (χ3v) is 5.72. The number of thioether (sulfide) groups is 1. The van der Waals surface area contributed by atoms with Gasteiger partial charge >= 0.3 is 0 Å². The number of aromatic nitrogens is 2. The van der Waals surface area contributed by atoms with Crippen molar-refractivity contribution in [1.29, 1.82) is 0 Å². The Labute approximate surface area is 157 Å². The van der Waals surface area contributed by atoms with Crippen LogP contribution in [0.1, 0.15) is 6.42 Å². The van der Waals surface area contributed by atoms with Crippen molar-refractivity contribution in [2.45, 2.75) is 10.8 Å². The molecule has 138 valence electrons. The van der Waals surface area contributed by atoms with E-state index in [0.29, 0.717) is 17.4 Å². The van der Waals surface area contributed by atoms with Crippen molar-refractivity contribution in [2.75, 3.05) is 36.2 Å². The first-order valence-electron chi connectivity index (χ1n) is 7.89. The highest BCUT2D eigenvalue weighted by molar-refractivity contribution is 8.01. The van der Waals surface area contributed by atoms with Gasteiger partial charge in [0.15, 0.2) is 4.34 Å². The Morgan fingerprint density at radius 1 is 1.42 bits per heavy atom.